The second-order valence-electron chi connectivity index (χ2n) is 3.78. The summed E-state index contributed by atoms with van der Waals surface area (Å²) in [6.45, 7) is 0. The fraction of sp³-hybridized carbons (Fsp3) is 0.455. The molecule has 2 rings (SSSR count). The molecule has 0 spiro atoms. The normalized spacial score (nSPS) is 27.6. The average Bonchev–Trinajstić information content (AvgIpc) is 2.84. The Kier molecular flexibility index (Phi) is 1.89. The molecule has 12 heavy (non-hydrogen) atoms. The standard InChI is InChI=1S/C11H15N/c1-12(2)11-8-10(11)9-6-4-3-5-7-9/h3-7,10-11H,8H2,1-2H3/t10-,11-/m0/s1. The number of hydrogen-bond acceptors (Lipinski definition) is 1. The molecule has 1 fully saturated rings. The van der Waals surface area contributed by atoms with Crippen molar-refractivity contribution in [1.29, 1.82) is 0 Å². The van der Waals surface area contributed by atoms with Crippen molar-refractivity contribution in [3.63, 3.8) is 0 Å². The maximum Gasteiger partial charge on any atom is 0.0165 e. The summed E-state index contributed by atoms with van der Waals surface area (Å²) in [5, 5.41) is 0. The molecule has 0 aromatic heterocycles. The van der Waals surface area contributed by atoms with Gasteiger partial charge in [-0.2, -0.15) is 0 Å². The van der Waals surface area contributed by atoms with Crippen LogP contribution in [0.1, 0.15) is 17.9 Å². The van der Waals surface area contributed by atoms with Gasteiger partial charge in [0.25, 0.3) is 0 Å². The van der Waals surface area contributed by atoms with Crippen LogP contribution in [-0.4, -0.2) is 25.0 Å². The second-order valence-corrected chi connectivity index (χ2v) is 3.78. The Balaban J connectivity index is 2.06. The summed E-state index contributed by atoms with van der Waals surface area (Å²) in [5.74, 6) is 0.793. The third-order valence-electron chi connectivity index (χ3n) is 2.65. The van der Waals surface area contributed by atoms with Gasteiger partial charge in [-0.05, 0) is 26.1 Å². The van der Waals surface area contributed by atoms with Gasteiger partial charge in [0.2, 0.25) is 0 Å². The van der Waals surface area contributed by atoms with Crippen LogP contribution < -0.4 is 0 Å². The number of hydrogen-bond donors (Lipinski definition) is 0. The Morgan fingerprint density at radius 2 is 1.83 bits per heavy atom. The Hall–Kier alpha value is -0.820. The maximum atomic E-state index is 2.32. The topological polar surface area (TPSA) is 3.24 Å². The summed E-state index contributed by atoms with van der Waals surface area (Å²) in [4.78, 5) is 2.32. The van der Waals surface area contributed by atoms with Gasteiger partial charge in [-0.15, -0.1) is 0 Å². The lowest BCUT2D eigenvalue weighted by Crippen LogP contribution is -2.15. The van der Waals surface area contributed by atoms with Crippen molar-refractivity contribution in [2.75, 3.05) is 14.1 Å². The van der Waals surface area contributed by atoms with Crippen LogP contribution in [0.5, 0.6) is 0 Å². The molecular weight excluding hydrogens is 146 g/mol. The van der Waals surface area contributed by atoms with Gasteiger partial charge in [0.15, 0.2) is 0 Å². The first-order chi connectivity index (χ1) is 5.79. The molecule has 1 aliphatic carbocycles. The van der Waals surface area contributed by atoms with E-state index < -0.39 is 0 Å². The van der Waals surface area contributed by atoms with Gasteiger partial charge in [-0.1, -0.05) is 30.3 Å². The van der Waals surface area contributed by atoms with Gasteiger partial charge in [0.1, 0.15) is 0 Å². The Bertz CT molecular complexity index is 253. The lowest BCUT2D eigenvalue weighted by Gasteiger charge is -2.08. The predicted octanol–water partition coefficient (Wildman–Crippen LogP) is 2.10. The van der Waals surface area contributed by atoms with E-state index in [1.54, 1.807) is 0 Å². The van der Waals surface area contributed by atoms with Crippen molar-refractivity contribution in [1.82, 2.24) is 4.90 Å². The minimum absolute atomic E-state index is 0.785. The minimum atomic E-state index is 0.785. The number of likely N-dealkylation sites (N-methyl/N-ethyl adjacent to an activating group) is 1. The van der Waals surface area contributed by atoms with Gasteiger partial charge in [0, 0.05) is 12.0 Å². The Labute approximate surface area is 74.0 Å². The molecule has 0 unspecified atom stereocenters. The van der Waals surface area contributed by atoms with Gasteiger partial charge in [-0.3, -0.25) is 0 Å². The highest BCUT2D eigenvalue weighted by molar-refractivity contribution is 5.27. The summed E-state index contributed by atoms with van der Waals surface area (Å²) in [6, 6.07) is 11.6. The minimum Gasteiger partial charge on any atom is -0.306 e. The van der Waals surface area contributed by atoms with Crippen LogP contribution in [0.2, 0.25) is 0 Å². The smallest absolute Gasteiger partial charge is 0.0165 e. The fourth-order valence-corrected chi connectivity index (χ4v) is 1.81. The molecule has 1 saturated carbocycles. The van der Waals surface area contributed by atoms with Crippen LogP contribution in [0, 0.1) is 0 Å². The van der Waals surface area contributed by atoms with E-state index in [0.29, 0.717) is 0 Å². The van der Waals surface area contributed by atoms with E-state index in [9.17, 15) is 0 Å². The summed E-state index contributed by atoms with van der Waals surface area (Å²) in [5.41, 5.74) is 1.50. The van der Waals surface area contributed by atoms with E-state index in [0.717, 1.165) is 12.0 Å². The molecule has 2 atom stereocenters. The molecule has 1 aliphatic rings. The summed E-state index contributed by atoms with van der Waals surface area (Å²) >= 11 is 0. The third kappa shape index (κ3) is 1.37. The molecule has 64 valence electrons. The molecule has 1 aromatic rings. The SMILES string of the molecule is CN(C)[C@H]1C[C@H]1c1ccccc1. The third-order valence-corrected chi connectivity index (χ3v) is 2.65. The van der Waals surface area contributed by atoms with Crippen molar-refractivity contribution >= 4 is 0 Å². The first-order valence-electron chi connectivity index (χ1n) is 4.50. The van der Waals surface area contributed by atoms with Crippen molar-refractivity contribution in [3.8, 4) is 0 Å². The lowest BCUT2D eigenvalue weighted by atomic mass is 10.1. The van der Waals surface area contributed by atoms with Gasteiger partial charge >= 0.3 is 0 Å². The van der Waals surface area contributed by atoms with Crippen LogP contribution in [0.25, 0.3) is 0 Å². The van der Waals surface area contributed by atoms with Crippen molar-refractivity contribution in [3.05, 3.63) is 35.9 Å². The second kappa shape index (κ2) is 2.91. The number of benzene rings is 1. The highest BCUT2D eigenvalue weighted by Crippen LogP contribution is 2.43. The van der Waals surface area contributed by atoms with Crippen molar-refractivity contribution in [2.45, 2.75) is 18.4 Å². The molecule has 0 N–H and O–H groups in total. The summed E-state index contributed by atoms with van der Waals surface area (Å²) < 4.78 is 0. The van der Waals surface area contributed by atoms with E-state index in [1.165, 1.54) is 12.0 Å². The molecule has 1 nitrogen and oxygen atoms in total. The summed E-state index contributed by atoms with van der Waals surface area (Å²) in [7, 11) is 4.32. The molecule has 0 radical (unpaired) electrons. The van der Waals surface area contributed by atoms with Crippen LogP contribution in [0.15, 0.2) is 30.3 Å². The quantitative estimate of drug-likeness (QED) is 0.642. The van der Waals surface area contributed by atoms with Crippen LogP contribution >= 0.6 is 0 Å². The highest BCUT2D eigenvalue weighted by Gasteiger charge is 2.39. The molecule has 0 bridgehead atoms. The number of nitrogens with zero attached hydrogens (tertiary/aromatic N) is 1. The van der Waals surface area contributed by atoms with E-state index in [4.69, 9.17) is 0 Å². The molecule has 1 aromatic carbocycles. The Morgan fingerprint density at radius 3 is 2.33 bits per heavy atom. The molecular formula is C11H15N. The lowest BCUT2D eigenvalue weighted by molar-refractivity contribution is 0.391. The molecule has 1 heteroatoms. The first kappa shape index (κ1) is 7.81. The van der Waals surface area contributed by atoms with Gasteiger partial charge < -0.3 is 4.90 Å². The first-order valence-corrected chi connectivity index (χ1v) is 4.50. The molecule has 0 aliphatic heterocycles. The molecule has 0 amide bonds. The zero-order valence-electron chi connectivity index (χ0n) is 7.70. The van der Waals surface area contributed by atoms with Crippen LogP contribution in [0.3, 0.4) is 0 Å². The van der Waals surface area contributed by atoms with Crippen LogP contribution in [0.4, 0.5) is 0 Å². The van der Waals surface area contributed by atoms with Crippen LogP contribution in [-0.2, 0) is 0 Å². The number of rotatable bonds is 2. The maximum absolute atomic E-state index is 2.32. The fourth-order valence-electron chi connectivity index (χ4n) is 1.81. The average molecular weight is 161 g/mol. The van der Waals surface area contributed by atoms with Gasteiger partial charge in [0.05, 0.1) is 0 Å². The van der Waals surface area contributed by atoms with Crippen molar-refractivity contribution < 1.29 is 0 Å². The highest BCUT2D eigenvalue weighted by atomic mass is 15.1. The summed E-state index contributed by atoms with van der Waals surface area (Å²) in [6.07, 6.45) is 1.33. The van der Waals surface area contributed by atoms with E-state index in [1.807, 2.05) is 0 Å². The van der Waals surface area contributed by atoms with Gasteiger partial charge in [-0.25, -0.2) is 0 Å². The van der Waals surface area contributed by atoms with E-state index in [2.05, 4.69) is 49.3 Å². The monoisotopic (exact) mass is 161 g/mol. The Morgan fingerprint density at radius 1 is 1.17 bits per heavy atom. The van der Waals surface area contributed by atoms with E-state index in [-0.39, 0.29) is 0 Å². The van der Waals surface area contributed by atoms with Crippen molar-refractivity contribution in [2.24, 2.45) is 0 Å². The molecule has 0 saturated heterocycles. The zero-order chi connectivity index (χ0) is 8.55. The molecule has 0 heterocycles. The predicted molar refractivity (Wildman–Crippen MR) is 51.3 cm³/mol. The zero-order valence-corrected chi connectivity index (χ0v) is 7.70. The largest absolute Gasteiger partial charge is 0.306 e. The van der Waals surface area contributed by atoms with E-state index >= 15 is 0 Å².